The fourth-order valence-electron chi connectivity index (χ4n) is 2.53. The topological polar surface area (TPSA) is 77.8 Å². The van der Waals surface area contributed by atoms with Gasteiger partial charge in [0, 0.05) is 11.1 Å². The Morgan fingerprint density at radius 3 is 2.73 bits per heavy atom. The number of thioether (sulfide) groups is 1. The third kappa shape index (κ3) is 3.52. The molecule has 4 aromatic rings. The molecule has 0 aliphatic rings. The fourth-order valence-corrected chi connectivity index (χ4v) is 3.13. The van der Waals surface area contributed by atoms with Gasteiger partial charge >= 0.3 is 0 Å². The van der Waals surface area contributed by atoms with E-state index in [2.05, 4.69) is 20.3 Å². The number of hydrogen-bond acceptors (Lipinski definition) is 7. The van der Waals surface area contributed by atoms with Crippen LogP contribution in [0.2, 0.25) is 0 Å². The molecular weight excluding hydrogens is 348 g/mol. The van der Waals surface area contributed by atoms with Gasteiger partial charge in [-0.3, -0.25) is 0 Å². The van der Waals surface area contributed by atoms with Gasteiger partial charge in [0.1, 0.15) is 0 Å². The molecule has 4 rings (SSSR count). The van der Waals surface area contributed by atoms with Gasteiger partial charge in [0.05, 0.1) is 5.75 Å². The quantitative estimate of drug-likeness (QED) is 0.475. The Kier molecular flexibility index (Phi) is 4.53. The van der Waals surface area contributed by atoms with Crippen molar-refractivity contribution in [2.75, 3.05) is 0 Å². The second-order valence-corrected chi connectivity index (χ2v) is 6.78. The van der Waals surface area contributed by atoms with Crippen LogP contribution in [0.4, 0.5) is 0 Å². The molecular formula is C19H16N4O2S. The summed E-state index contributed by atoms with van der Waals surface area (Å²) in [7, 11) is 0. The molecule has 0 bridgehead atoms. The van der Waals surface area contributed by atoms with Gasteiger partial charge < -0.3 is 8.94 Å². The molecule has 0 saturated carbocycles. The van der Waals surface area contributed by atoms with Gasteiger partial charge in [-0.15, -0.1) is 10.2 Å². The Morgan fingerprint density at radius 2 is 1.88 bits per heavy atom. The first-order chi connectivity index (χ1) is 12.7. The van der Waals surface area contributed by atoms with E-state index >= 15 is 0 Å². The van der Waals surface area contributed by atoms with Crippen molar-refractivity contribution in [3.63, 3.8) is 0 Å². The van der Waals surface area contributed by atoms with Crippen LogP contribution in [0.1, 0.15) is 17.0 Å². The average Bonchev–Trinajstić information content (AvgIpc) is 3.30. The van der Waals surface area contributed by atoms with Gasteiger partial charge in [-0.1, -0.05) is 58.9 Å². The van der Waals surface area contributed by atoms with Gasteiger partial charge in [0.25, 0.3) is 5.22 Å². The molecule has 130 valence electrons. The Bertz CT molecular complexity index is 1040. The minimum atomic E-state index is 0.467. The first kappa shape index (κ1) is 16.5. The number of benzene rings is 2. The maximum atomic E-state index is 5.71. The van der Waals surface area contributed by atoms with Crippen LogP contribution in [-0.2, 0) is 5.75 Å². The maximum Gasteiger partial charge on any atom is 0.277 e. The predicted molar refractivity (Wildman–Crippen MR) is 98.5 cm³/mol. The molecule has 2 aromatic heterocycles. The molecule has 0 radical (unpaired) electrons. The number of aromatic nitrogens is 4. The molecule has 2 aromatic carbocycles. The third-order valence-corrected chi connectivity index (χ3v) is 4.65. The second kappa shape index (κ2) is 7.13. The van der Waals surface area contributed by atoms with Crippen molar-refractivity contribution in [1.29, 1.82) is 0 Å². The van der Waals surface area contributed by atoms with Crippen LogP contribution in [-0.4, -0.2) is 20.3 Å². The molecule has 0 spiro atoms. The van der Waals surface area contributed by atoms with E-state index in [1.54, 1.807) is 0 Å². The molecule has 0 atom stereocenters. The molecule has 0 aliphatic heterocycles. The number of nitrogens with zero attached hydrogens (tertiary/aromatic N) is 4. The summed E-state index contributed by atoms with van der Waals surface area (Å²) in [5, 5.41) is 12.7. The summed E-state index contributed by atoms with van der Waals surface area (Å²) in [6, 6.07) is 15.9. The van der Waals surface area contributed by atoms with Crippen molar-refractivity contribution in [3.05, 3.63) is 65.5 Å². The van der Waals surface area contributed by atoms with E-state index in [4.69, 9.17) is 8.94 Å². The van der Waals surface area contributed by atoms with Crippen molar-refractivity contribution in [1.82, 2.24) is 20.3 Å². The van der Waals surface area contributed by atoms with Crippen LogP contribution < -0.4 is 0 Å². The molecule has 0 amide bonds. The van der Waals surface area contributed by atoms with Crippen molar-refractivity contribution < 1.29 is 8.94 Å². The molecule has 0 unspecified atom stereocenters. The lowest BCUT2D eigenvalue weighted by Gasteiger charge is -1.97. The van der Waals surface area contributed by atoms with Gasteiger partial charge in [-0.2, -0.15) is 4.98 Å². The van der Waals surface area contributed by atoms with E-state index in [0.29, 0.717) is 28.6 Å². The second-order valence-electron chi connectivity index (χ2n) is 5.86. The minimum absolute atomic E-state index is 0.467. The van der Waals surface area contributed by atoms with E-state index in [-0.39, 0.29) is 0 Å². The largest absolute Gasteiger partial charge is 0.411 e. The molecule has 2 heterocycles. The third-order valence-electron chi connectivity index (χ3n) is 3.84. The van der Waals surface area contributed by atoms with Crippen LogP contribution in [0.5, 0.6) is 0 Å². The highest BCUT2D eigenvalue weighted by Crippen LogP contribution is 2.27. The smallest absolute Gasteiger partial charge is 0.277 e. The summed E-state index contributed by atoms with van der Waals surface area (Å²) < 4.78 is 11.0. The SMILES string of the molecule is Cc1cccc(-c2nnc(SCc3nc(-c4ccccc4C)no3)o2)c1. The van der Waals surface area contributed by atoms with E-state index < -0.39 is 0 Å². The Balaban J connectivity index is 1.45. The first-order valence-corrected chi connectivity index (χ1v) is 9.09. The number of rotatable bonds is 5. The zero-order valence-electron chi connectivity index (χ0n) is 14.3. The zero-order valence-corrected chi connectivity index (χ0v) is 15.2. The molecule has 0 fully saturated rings. The summed E-state index contributed by atoms with van der Waals surface area (Å²) in [4.78, 5) is 4.44. The molecule has 0 N–H and O–H groups in total. The van der Waals surface area contributed by atoms with Crippen LogP contribution in [0, 0.1) is 13.8 Å². The van der Waals surface area contributed by atoms with Crippen LogP contribution in [0.15, 0.2) is 62.7 Å². The van der Waals surface area contributed by atoms with Gasteiger partial charge in [-0.05, 0) is 31.5 Å². The van der Waals surface area contributed by atoms with E-state index in [1.807, 2.05) is 62.4 Å². The summed E-state index contributed by atoms with van der Waals surface area (Å²) in [5.41, 5.74) is 4.12. The monoisotopic (exact) mass is 364 g/mol. The highest BCUT2D eigenvalue weighted by Gasteiger charge is 2.14. The van der Waals surface area contributed by atoms with Crippen molar-refractivity contribution in [3.8, 4) is 22.8 Å². The summed E-state index contributed by atoms with van der Waals surface area (Å²) in [6.45, 7) is 4.04. The van der Waals surface area contributed by atoms with Crippen LogP contribution in [0.25, 0.3) is 22.8 Å². The van der Waals surface area contributed by atoms with Gasteiger partial charge in [-0.25, -0.2) is 0 Å². The summed E-state index contributed by atoms with van der Waals surface area (Å²) in [5.74, 6) is 2.07. The summed E-state index contributed by atoms with van der Waals surface area (Å²) >= 11 is 1.37. The molecule has 0 aliphatic carbocycles. The normalized spacial score (nSPS) is 11.0. The molecule has 0 saturated heterocycles. The van der Waals surface area contributed by atoms with E-state index in [0.717, 1.165) is 22.3 Å². The highest BCUT2D eigenvalue weighted by molar-refractivity contribution is 7.98. The lowest BCUT2D eigenvalue weighted by atomic mass is 10.1. The molecule has 26 heavy (non-hydrogen) atoms. The van der Waals surface area contributed by atoms with Crippen molar-refractivity contribution >= 4 is 11.8 Å². The van der Waals surface area contributed by atoms with Crippen LogP contribution in [0.3, 0.4) is 0 Å². The Labute approximate surface area is 154 Å². The van der Waals surface area contributed by atoms with Gasteiger partial charge in [0.15, 0.2) is 0 Å². The Hall–Kier alpha value is -2.93. The molecule has 6 nitrogen and oxygen atoms in total. The van der Waals surface area contributed by atoms with Crippen molar-refractivity contribution in [2.45, 2.75) is 24.8 Å². The highest BCUT2D eigenvalue weighted by atomic mass is 32.2. The Morgan fingerprint density at radius 1 is 1.00 bits per heavy atom. The lowest BCUT2D eigenvalue weighted by molar-refractivity contribution is 0.391. The van der Waals surface area contributed by atoms with E-state index in [1.165, 1.54) is 11.8 Å². The van der Waals surface area contributed by atoms with Crippen molar-refractivity contribution in [2.24, 2.45) is 0 Å². The summed E-state index contributed by atoms with van der Waals surface area (Å²) in [6.07, 6.45) is 0. The number of hydrogen-bond donors (Lipinski definition) is 0. The molecule has 7 heteroatoms. The standard InChI is InChI=1S/C19H16N4O2S/c1-12-6-5-8-14(10-12)18-21-22-19(24-18)26-11-16-20-17(23-25-16)15-9-4-3-7-13(15)2/h3-10H,11H2,1-2H3. The average molecular weight is 364 g/mol. The van der Waals surface area contributed by atoms with Gasteiger partial charge in [0.2, 0.25) is 17.6 Å². The number of aryl methyl sites for hydroxylation is 2. The zero-order chi connectivity index (χ0) is 17.9. The lowest BCUT2D eigenvalue weighted by Crippen LogP contribution is -1.85. The first-order valence-electron chi connectivity index (χ1n) is 8.11. The minimum Gasteiger partial charge on any atom is -0.411 e. The predicted octanol–water partition coefficient (Wildman–Crippen LogP) is 4.70. The van der Waals surface area contributed by atoms with E-state index in [9.17, 15) is 0 Å². The maximum absolute atomic E-state index is 5.71. The fraction of sp³-hybridized carbons (Fsp3) is 0.158. The van der Waals surface area contributed by atoms with Crippen LogP contribution >= 0.6 is 11.8 Å².